The zero-order valence-electron chi connectivity index (χ0n) is 12.3. The van der Waals surface area contributed by atoms with Crippen molar-refractivity contribution in [3.8, 4) is 0 Å². The van der Waals surface area contributed by atoms with Gasteiger partial charge in [-0.05, 0) is 57.6 Å². The molecule has 1 fully saturated rings. The number of halogens is 1. The number of likely N-dealkylation sites (tertiary alicyclic amines) is 1. The second kappa shape index (κ2) is 6.84. The van der Waals surface area contributed by atoms with E-state index < -0.39 is 0 Å². The Labute approximate surface area is 120 Å². The zero-order chi connectivity index (χ0) is 14.5. The number of benzene rings is 1. The van der Waals surface area contributed by atoms with Crippen LogP contribution in [0.4, 0.5) is 4.39 Å². The molecule has 1 aromatic rings. The molecule has 1 amide bonds. The van der Waals surface area contributed by atoms with Crippen LogP contribution in [-0.2, 0) is 11.2 Å². The Kier molecular flexibility index (Phi) is 5.12. The van der Waals surface area contributed by atoms with Crippen LogP contribution in [0.5, 0.6) is 0 Å². The maximum Gasteiger partial charge on any atom is 0.227 e. The van der Waals surface area contributed by atoms with Gasteiger partial charge in [-0.1, -0.05) is 12.1 Å². The predicted octanol–water partition coefficient (Wildman–Crippen LogP) is 2.31. The van der Waals surface area contributed by atoms with Gasteiger partial charge in [-0.15, -0.1) is 0 Å². The van der Waals surface area contributed by atoms with E-state index in [2.05, 4.69) is 11.9 Å². The fraction of sp³-hybridized carbons (Fsp3) is 0.562. The number of amides is 1. The highest BCUT2D eigenvalue weighted by Crippen LogP contribution is 2.17. The molecule has 0 N–H and O–H groups in total. The van der Waals surface area contributed by atoms with Crippen molar-refractivity contribution in [3.05, 3.63) is 35.6 Å². The van der Waals surface area contributed by atoms with Crippen molar-refractivity contribution in [3.63, 3.8) is 0 Å². The van der Waals surface area contributed by atoms with E-state index in [1.54, 1.807) is 12.1 Å². The maximum absolute atomic E-state index is 12.9. The van der Waals surface area contributed by atoms with Crippen LogP contribution in [0.3, 0.4) is 0 Å². The Balaban J connectivity index is 1.96. The molecule has 0 aromatic heterocycles. The van der Waals surface area contributed by atoms with Gasteiger partial charge in [-0.25, -0.2) is 4.39 Å². The van der Waals surface area contributed by atoms with Crippen LogP contribution >= 0.6 is 0 Å². The minimum absolute atomic E-state index is 0.147. The molecule has 3 nitrogen and oxygen atoms in total. The summed E-state index contributed by atoms with van der Waals surface area (Å²) in [4.78, 5) is 16.7. The Bertz CT molecular complexity index is 438. The van der Waals surface area contributed by atoms with E-state index >= 15 is 0 Å². The quantitative estimate of drug-likeness (QED) is 0.844. The van der Waals surface area contributed by atoms with Gasteiger partial charge >= 0.3 is 0 Å². The SMILES string of the molecule is CCN(C(=O)Cc1ccc(F)cc1)C1CCN(C)CC1. The number of likely N-dealkylation sites (N-methyl/N-ethyl adjacent to an activating group) is 1. The lowest BCUT2D eigenvalue weighted by Crippen LogP contribution is -2.46. The molecule has 2 rings (SSSR count). The van der Waals surface area contributed by atoms with Crippen molar-refractivity contribution in [2.45, 2.75) is 32.2 Å². The number of piperidine rings is 1. The van der Waals surface area contributed by atoms with Crippen LogP contribution in [0, 0.1) is 5.82 Å². The molecule has 0 atom stereocenters. The number of carbonyl (C=O) groups is 1. The summed E-state index contributed by atoms with van der Waals surface area (Å²) in [7, 11) is 2.12. The van der Waals surface area contributed by atoms with Crippen LogP contribution in [0.15, 0.2) is 24.3 Å². The Morgan fingerprint density at radius 3 is 2.45 bits per heavy atom. The highest BCUT2D eigenvalue weighted by atomic mass is 19.1. The fourth-order valence-electron chi connectivity index (χ4n) is 2.82. The van der Waals surface area contributed by atoms with E-state index in [9.17, 15) is 9.18 Å². The zero-order valence-corrected chi connectivity index (χ0v) is 12.3. The van der Waals surface area contributed by atoms with Gasteiger partial charge < -0.3 is 9.80 Å². The maximum atomic E-state index is 12.9. The highest BCUT2D eigenvalue weighted by Gasteiger charge is 2.25. The molecule has 0 aliphatic carbocycles. The number of nitrogens with zero attached hydrogens (tertiary/aromatic N) is 2. The van der Waals surface area contributed by atoms with Crippen molar-refractivity contribution in [1.29, 1.82) is 0 Å². The molecule has 0 spiro atoms. The molecule has 1 aliphatic rings. The minimum Gasteiger partial charge on any atom is -0.340 e. The van der Waals surface area contributed by atoms with Gasteiger partial charge in [-0.2, -0.15) is 0 Å². The molecular weight excluding hydrogens is 255 g/mol. The molecule has 1 aromatic carbocycles. The summed E-state index contributed by atoms with van der Waals surface area (Å²) in [5, 5.41) is 0. The number of carbonyl (C=O) groups excluding carboxylic acids is 1. The Morgan fingerprint density at radius 1 is 1.30 bits per heavy atom. The van der Waals surface area contributed by atoms with E-state index in [1.165, 1.54) is 12.1 Å². The summed E-state index contributed by atoms with van der Waals surface area (Å²) in [5.41, 5.74) is 0.878. The minimum atomic E-state index is -0.260. The molecule has 0 saturated carbocycles. The summed E-state index contributed by atoms with van der Waals surface area (Å²) in [5.74, 6) is -0.113. The molecule has 20 heavy (non-hydrogen) atoms. The van der Waals surface area contributed by atoms with E-state index in [1.807, 2.05) is 11.8 Å². The van der Waals surface area contributed by atoms with Crippen molar-refractivity contribution in [2.24, 2.45) is 0 Å². The average molecular weight is 278 g/mol. The van der Waals surface area contributed by atoms with Gasteiger partial charge in [0.25, 0.3) is 0 Å². The molecule has 4 heteroatoms. The third kappa shape index (κ3) is 3.79. The van der Waals surface area contributed by atoms with Crippen molar-refractivity contribution < 1.29 is 9.18 Å². The largest absolute Gasteiger partial charge is 0.340 e. The fourth-order valence-corrected chi connectivity index (χ4v) is 2.82. The van der Waals surface area contributed by atoms with Crippen LogP contribution in [-0.4, -0.2) is 48.4 Å². The molecular formula is C16H23FN2O. The molecule has 0 bridgehead atoms. The van der Waals surface area contributed by atoms with Crippen molar-refractivity contribution in [2.75, 3.05) is 26.7 Å². The lowest BCUT2D eigenvalue weighted by atomic mass is 10.0. The molecule has 1 heterocycles. The van der Waals surface area contributed by atoms with Crippen LogP contribution in [0.25, 0.3) is 0 Å². The smallest absolute Gasteiger partial charge is 0.227 e. The first-order chi connectivity index (χ1) is 9.60. The number of hydrogen-bond donors (Lipinski definition) is 0. The van der Waals surface area contributed by atoms with Gasteiger partial charge in [0.15, 0.2) is 0 Å². The van der Waals surface area contributed by atoms with E-state index in [0.717, 1.165) is 38.0 Å². The van der Waals surface area contributed by atoms with E-state index in [-0.39, 0.29) is 11.7 Å². The van der Waals surface area contributed by atoms with Crippen LogP contribution < -0.4 is 0 Å². The summed E-state index contributed by atoms with van der Waals surface area (Å²) in [6.45, 7) is 4.87. The molecule has 0 unspecified atom stereocenters. The second-order valence-corrected chi connectivity index (χ2v) is 5.52. The summed E-state index contributed by atoms with van der Waals surface area (Å²) in [6.07, 6.45) is 2.44. The summed E-state index contributed by atoms with van der Waals surface area (Å²) in [6, 6.07) is 6.55. The third-order valence-electron chi connectivity index (χ3n) is 4.06. The standard InChI is InChI=1S/C16H23FN2O/c1-3-19(15-8-10-18(2)11-9-15)16(20)12-13-4-6-14(17)7-5-13/h4-7,15H,3,8-12H2,1-2H3. The first-order valence-corrected chi connectivity index (χ1v) is 7.32. The van der Waals surface area contributed by atoms with Crippen LogP contribution in [0.2, 0.25) is 0 Å². The van der Waals surface area contributed by atoms with Gasteiger partial charge in [0.05, 0.1) is 6.42 Å². The molecule has 1 saturated heterocycles. The van der Waals surface area contributed by atoms with Gasteiger partial charge in [0.1, 0.15) is 5.82 Å². The average Bonchev–Trinajstić information content (AvgIpc) is 2.44. The lowest BCUT2D eigenvalue weighted by molar-refractivity contribution is -0.133. The van der Waals surface area contributed by atoms with Gasteiger partial charge in [0.2, 0.25) is 5.91 Å². The predicted molar refractivity (Wildman–Crippen MR) is 78.0 cm³/mol. The normalized spacial score (nSPS) is 17.1. The summed E-state index contributed by atoms with van der Waals surface area (Å²) < 4.78 is 12.9. The van der Waals surface area contributed by atoms with Crippen molar-refractivity contribution >= 4 is 5.91 Å². The van der Waals surface area contributed by atoms with Crippen LogP contribution in [0.1, 0.15) is 25.3 Å². The first kappa shape index (κ1) is 15.0. The molecule has 1 aliphatic heterocycles. The number of hydrogen-bond acceptors (Lipinski definition) is 2. The lowest BCUT2D eigenvalue weighted by Gasteiger charge is -2.37. The molecule has 110 valence electrons. The number of rotatable bonds is 4. The first-order valence-electron chi connectivity index (χ1n) is 7.32. The topological polar surface area (TPSA) is 23.6 Å². The van der Waals surface area contributed by atoms with E-state index in [4.69, 9.17) is 0 Å². The second-order valence-electron chi connectivity index (χ2n) is 5.52. The summed E-state index contributed by atoms with van der Waals surface area (Å²) >= 11 is 0. The third-order valence-corrected chi connectivity index (χ3v) is 4.06. The highest BCUT2D eigenvalue weighted by molar-refractivity contribution is 5.79. The van der Waals surface area contributed by atoms with E-state index in [0.29, 0.717) is 12.5 Å². The monoisotopic (exact) mass is 278 g/mol. The Morgan fingerprint density at radius 2 is 1.90 bits per heavy atom. The van der Waals surface area contributed by atoms with Crippen molar-refractivity contribution in [1.82, 2.24) is 9.80 Å². The molecule has 0 radical (unpaired) electrons. The van der Waals surface area contributed by atoms with Gasteiger partial charge in [-0.3, -0.25) is 4.79 Å². The Hall–Kier alpha value is -1.42. The van der Waals surface area contributed by atoms with Gasteiger partial charge in [0, 0.05) is 12.6 Å².